The van der Waals surface area contributed by atoms with Gasteiger partial charge in [0.05, 0.1) is 18.1 Å². The molecule has 2 aromatic carbocycles. The molecule has 33 heavy (non-hydrogen) atoms. The minimum Gasteiger partial charge on any atom is -0.378 e. The first-order valence-corrected chi connectivity index (χ1v) is 10.5. The van der Waals surface area contributed by atoms with Crippen LogP contribution in [0.2, 0.25) is 0 Å². The molecule has 2 aromatic rings. The lowest BCUT2D eigenvalue weighted by Crippen LogP contribution is -2.54. The number of nitrogens with zero attached hydrogens (tertiary/aromatic N) is 3. The summed E-state index contributed by atoms with van der Waals surface area (Å²) < 4.78 is 5.37. The summed E-state index contributed by atoms with van der Waals surface area (Å²) in [7, 11) is 0. The van der Waals surface area contributed by atoms with Crippen molar-refractivity contribution in [2.24, 2.45) is 0 Å². The quantitative estimate of drug-likeness (QED) is 0.310. The average molecular weight is 450 g/mol. The number of hydrogen-bond acceptors (Lipinski definition) is 7. The number of hydrogen-bond donors (Lipinski definition) is 1. The van der Waals surface area contributed by atoms with Crippen LogP contribution in [0.5, 0.6) is 0 Å². The molecule has 0 radical (unpaired) electrons. The second-order valence-corrected chi connectivity index (χ2v) is 7.61. The van der Waals surface area contributed by atoms with E-state index in [9.17, 15) is 24.5 Å². The lowest BCUT2D eigenvalue weighted by Gasteiger charge is -2.30. The SMILES string of the molecule is O=C1NC(=O)N(CCc2ccccc2)C(=O)/C1=C/c1cc([N+](=O)[O-])ccc1N1CCOCC1. The lowest BCUT2D eigenvalue weighted by atomic mass is 10.0. The number of rotatable bonds is 6. The van der Waals surface area contributed by atoms with E-state index in [1.54, 1.807) is 6.07 Å². The van der Waals surface area contributed by atoms with Crippen molar-refractivity contribution in [3.8, 4) is 0 Å². The molecule has 2 saturated heterocycles. The molecule has 0 spiro atoms. The normalized spacial score (nSPS) is 17.9. The van der Waals surface area contributed by atoms with Crippen molar-refractivity contribution in [3.05, 3.63) is 75.3 Å². The van der Waals surface area contributed by atoms with E-state index in [0.29, 0.717) is 44.0 Å². The second kappa shape index (κ2) is 9.61. The minimum absolute atomic E-state index is 0.0879. The molecule has 0 atom stereocenters. The monoisotopic (exact) mass is 450 g/mol. The number of nitro benzene ring substituents is 1. The number of benzene rings is 2. The Morgan fingerprint density at radius 3 is 2.48 bits per heavy atom. The van der Waals surface area contributed by atoms with Gasteiger partial charge in [0.1, 0.15) is 5.57 Å². The second-order valence-electron chi connectivity index (χ2n) is 7.61. The van der Waals surface area contributed by atoms with E-state index in [1.165, 1.54) is 18.2 Å². The van der Waals surface area contributed by atoms with Gasteiger partial charge in [-0.3, -0.25) is 29.9 Å². The first-order valence-electron chi connectivity index (χ1n) is 10.5. The van der Waals surface area contributed by atoms with Crippen LogP contribution in [-0.4, -0.2) is 60.5 Å². The van der Waals surface area contributed by atoms with E-state index in [1.807, 2.05) is 35.2 Å². The maximum absolute atomic E-state index is 13.1. The molecule has 2 aliphatic rings. The van der Waals surface area contributed by atoms with Gasteiger partial charge in [-0.15, -0.1) is 0 Å². The maximum Gasteiger partial charge on any atom is 0.331 e. The predicted octanol–water partition coefficient (Wildman–Crippen LogP) is 2.14. The fourth-order valence-electron chi connectivity index (χ4n) is 3.80. The van der Waals surface area contributed by atoms with Gasteiger partial charge < -0.3 is 9.64 Å². The van der Waals surface area contributed by atoms with Gasteiger partial charge >= 0.3 is 6.03 Å². The van der Waals surface area contributed by atoms with Gasteiger partial charge in [0.2, 0.25) is 0 Å². The number of nitro groups is 1. The van der Waals surface area contributed by atoms with Gasteiger partial charge in [0, 0.05) is 43.0 Å². The van der Waals surface area contributed by atoms with Crippen molar-refractivity contribution in [2.45, 2.75) is 6.42 Å². The summed E-state index contributed by atoms with van der Waals surface area (Å²) in [6.45, 7) is 2.21. The summed E-state index contributed by atoms with van der Waals surface area (Å²) in [4.78, 5) is 51.7. The Kier molecular flexibility index (Phi) is 6.45. The number of imide groups is 2. The van der Waals surface area contributed by atoms with Crippen LogP contribution in [-0.2, 0) is 20.7 Å². The van der Waals surface area contributed by atoms with E-state index < -0.39 is 22.8 Å². The number of carbonyl (C=O) groups is 3. The number of carbonyl (C=O) groups excluding carboxylic acids is 3. The highest BCUT2D eigenvalue weighted by molar-refractivity contribution is 6.31. The standard InChI is InChI=1S/C23H22N4O6/c28-21-19(22(29)26(23(30)24-21)9-8-16-4-2-1-3-5-16)15-17-14-18(27(31)32)6-7-20(17)25-10-12-33-13-11-25/h1-7,14-15H,8-13H2,(H,24,28,30)/b19-15+. The highest BCUT2D eigenvalue weighted by atomic mass is 16.6. The summed E-state index contributed by atoms with van der Waals surface area (Å²) in [5, 5.41) is 13.5. The summed E-state index contributed by atoms with van der Waals surface area (Å²) in [6, 6.07) is 12.9. The largest absolute Gasteiger partial charge is 0.378 e. The summed E-state index contributed by atoms with van der Waals surface area (Å²) in [5.41, 5.74) is 1.51. The van der Waals surface area contributed by atoms with Crippen LogP contribution < -0.4 is 10.2 Å². The molecule has 10 nitrogen and oxygen atoms in total. The number of anilines is 1. The van der Waals surface area contributed by atoms with Crippen molar-refractivity contribution < 1.29 is 24.0 Å². The number of morpholine rings is 1. The average Bonchev–Trinajstić information content (AvgIpc) is 2.82. The summed E-state index contributed by atoms with van der Waals surface area (Å²) >= 11 is 0. The summed E-state index contributed by atoms with van der Waals surface area (Å²) in [6.07, 6.45) is 1.74. The molecule has 0 unspecified atom stereocenters. The number of amides is 4. The Morgan fingerprint density at radius 1 is 1.06 bits per heavy atom. The van der Waals surface area contributed by atoms with Crippen molar-refractivity contribution in [3.63, 3.8) is 0 Å². The molecule has 4 rings (SSSR count). The molecule has 2 aliphatic heterocycles. The smallest absolute Gasteiger partial charge is 0.331 e. The van der Waals surface area contributed by atoms with Gasteiger partial charge in [-0.25, -0.2) is 4.79 Å². The molecule has 2 fully saturated rings. The predicted molar refractivity (Wildman–Crippen MR) is 120 cm³/mol. The third kappa shape index (κ3) is 4.90. The minimum atomic E-state index is -0.833. The third-order valence-electron chi connectivity index (χ3n) is 5.53. The van der Waals surface area contributed by atoms with Crippen molar-refractivity contribution >= 4 is 35.3 Å². The molecule has 2 heterocycles. The molecular weight excluding hydrogens is 428 g/mol. The van der Waals surface area contributed by atoms with E-state index >= 15 is 0 Å². The van der Waals surface area contributed by atoms with E-state index in [4.69, 9.17) is 4.74 Å². The zero-order valence-electron chi connectivity index (χ0n) is 17.7. The van der Waals surface area contributed by atoms with Crippen molar-refractivity contribution in [2.75, 3.05) is 37.7 Å². The molecule has 0 aromatic heterocycles. The van der Waals surface area contributed by atoms with E-state index in [-0.39, 0.29) is 17.8 Å². The zero-order valence-corrected chi connectivity index (χ0v) is 17.7. The molecular formula is C23H22N4O6. The number of ether oxygens (including phenoxy) is 1. The van der Waals surface area contributed by atoms with Gasteiger partial charge in [-0.1, -0.05) is 30.3 Å². The highest BCUT2D eigenvalue weighted by Gasteiger charge is 2.35. The van der Waals surface area contributed by atoms with Crippen molar-refractivity contribution in [1.29, 1.82) is 0 Å². The summed E-state index contributed by atoms with van der Waals surface area (Å²) in [5.74, 6) is -1.57. The first kappa shape index (κ1) is 22.2. The van der Waals surface area contributed by atoms with Crippen LogP contribution >= 0.6 is 0 Å². The van der Waals surface area contributed by atoms with Crippen LogP contribution in [0.3, 0.4) is 0 Å². The fourth-order valence-corrected chi connectivity index (χ4v) is 3.80. The van der Waals surface area contributed by atoms with Crippen LogP contribution in [0, 0.1) is 10.1 Å². The van der Waals surface area contributed by atoms with Gasteiger partial charge in [0.25, 0.3) is 17.5 Å². The van der Waals surface area contributed by atoms with Crippen molar-refractivity contribution in [1.82, 2.24) is 10.2 Å². The molecule has 0 saturated carbocycles. The first-order chi connectivity index (χ1) is 15.9. The number of barbiturate groups is 1. The van der Waals surface area contributed by atoms with Crippen LogP contribution in [0.4, 0.5) is 16.2 Å². The molecule has 0 bridgehead atoms. The van der Waals surface area contributed by atoms with Gasteiger partial charge in [-0.2, -0.15) is 0 Å². The van der Waals surface area contributed by atoms with Gasteiger partial charge in [-0.05, 0) is 24.1 Å². The number of urea groups is 1. The molecule has 4 amide bonds. The van der Waals surface area contributed by atoms with Gasteiger partial charge in [0.15, 0.2) is 0 Å². The fraction of sp³-hybridized carbons (Fsp3) is 0.261. The number of nitrogens with one attached hydrogen (secondary N) is 1. The Labute approximate surface area is 189 Å². The third-order valence-corrected chi connectivity index (χ3v) is 5.53. The van der Waals surface area contributed by atoms with E-state index in [2.05, 4.69) is 5.32 Å². The van der Waals surface area contributed by atoms with Crippen LogP contribution in [0.15, 0.2) is 54.1 Å². The molecule has 170 valence electrons. The Bertz CT molecular complexity index is 1130. The van der Waals surface area contributed by atoms with E-state index in [0.717, 1.165) is 10.5 Å². The molecule has 0 aliphatic carbocycles. The highest BCUT2D eigenvalue weighted by Crippen LogP contribution is 2.29. The zero-order chi connectivity index (χ0) is 23.4. The number of non-ortho nitro benzene ring substituents is 1. The van der Waals surface area contributed by atoms with Crippen LogP contribution in [0.1, 0.15) is 11.1 Å². The molecule has 10 heteroatoms. The Morgan fingerprint density at radius 2 is 1.79 bits per heavy atom. The Hall–Kier alpha value is -4.05. The van der Waals surface area contributed by atoms with Crippen LogP contribution in [0.25, 0.3) is 6.08 Å². The topological polar surface area (TPSA) is 122 Å². The maximum atomic E-state index is 13.1. The lowest BCUT2D eigenvalue weighted by molar-refractivity contribution is -0.384. The molecule has 1 N–H and O–H groups in total. The Balaban J connectivity index is 1.66.